The number of sulfonamides is 1. The summed E-state index contributed by atoms with van der Waals surface area (Å²) in [6, 6.07) is 6.16. The molecule has 0 atom stereocenters. The third kappa shape index (κ3) is 4.27. The van der Waals surface area contributed by atoms with Crippen LogP contribution < -0.4 is 10.2 Å². The smallest absolute Gasteiger partial charge is 0.263 e. The van der Waals surface area contributed by atoms with E-state index in [4.69, 9.17) is 0 Å². The summed E-state index contributed by atoms with van der Waals surface area (Å²) in [6.07, 6.45) is 3.03. The van der Waals surface area contributed by atoms with Crippen molar-refractivity contribution in [3.05, 3.63) is 53.7 Å². The van der Waals surface area contributed by atoms with Crippen molar-refractivity contribution in [3.8, 4) is 0 Å². The van der Waals surface area contributed by atoms with Crippen molar-refractivity contribution in [1.82, 2.24) is 19.4 Å². The van der Waals surface area contributed by atoms with Crippen LogP contribution in [0.4, 0.5) is 5.69 Å². The number of carbonyl (C=O) groups is 1. The number of rotatable bonds is 7. The van der Waals surface area contributed by atoms with E-state index in [1.54, 1.807) is 6.08 Å². The lowest BCUT2D eigenvalue weighted by Crippen LogP contribution is -2.49. The summed E-state index contributed by atoms with van der Waals surface area (Å²) in [6.45, 7) is 12.1. The fourth-order valence-electron chi connectivity index (χ4n) is 3.54. The molecule has 8 nitrogen and oxygen atoms in total. The van der Waals surface area contributed by atoms with E-state index in [-0.39, 0.29) is 17.1 Å². The topological polar surface area (TPSA) is 87.5 Å². The standard InChI is InChI=1S/C21H29N5O3S/c1-5-10-22-20(27)18-15-25(6-2)23-21(18)30(28,29)26-13-11-24(12-14-26)19-9-7-8-16(3)17(19)4/h5,7-9,15H,1,6,10-14H2,2-4H3,(H,22,27). The van der Waals surface area contributed by atoms with Crippen LogP contribution in [0.5, 0.6) is 0 Å². The van der Waals surface area contributed by atoms with E-state index in [0.29, 0.717) is 32.7 Å². The van der Waals surface area contributed by atoms with Crippen molar-refractivity contribution in [2.75, 3.05) is 37.6 Å². The maximum absolute atomic E-state index is 13.3. The number of carbonyl (C=O) groups excluding carboxylic acids is 1. The number of anilines is 1. The van der Waals surface area contributed by atoms with Crippen LogP contribution >= 0.6 is 0 Å². The highest BCUT2D eigenvalue weighted by atomic mass is 32.2. The number of aromatic nitrogens is 2. The summed E-state index contributed by atoms with van der Waals surface area (Å²) < 4.78 is 29.5. The van der Waals surface area contributed by atoms with Crippen LogP contribution in [0.1, 0.15) is 28.4 Å². The first-order chi connectivity index (χ1) is 14.3. The molecule has 1 N–H and O–H groups in total. The molecule has 3 rings (SSSR count). The van der Waals surface area contributed by atoms with Crippen LogP contribution in [-0.4, -0.2) is 61.1 Å². The van der Waals surface area contributed by atoms with Crippen molar-refractivity contribution in [3.63, 3.8) is 0 Å². The maximum Gasteiger partial charge on any atom is 0.263 e. The molecule has 0 bridgehead atoms. The number of nitrogens with one attached hydrogen (secondary N) is 1. The lowest BCUT2D eigenvalue weighted by Gasteiger charge is -2.36. The highest BCUT2D eigenvalue weighted by Crippen LogP contribution is 2.26. The number of aryl methyl sites for hydroxylation is 2. The normalized spacial score (nSPS) is 15.2. The van der Waals surface area contributed by atoms with E-state index >= 15 is 0 Å². The molecule has 9 heteroatoms. The van der Waals surface area contributed by atoms with E-state index in [1.807, 2.05) is 13.0 Å². The maximum atomic E-state index is 13.3. The second-order valence-electron chi connectivity index (χ2n) is 7.31. The van der Waals surface area contributed by atoms with Gasteiger partial charge >= 0.3 is 0 Å². The van der Waals surface area contributed by atoms with Gasteiger partial charge in [-0.1, -0.05) is 18.2 Å². The van der Waals surface area contributed by atoms with Gasteiger partial charge in [0.05, 0.1) is 5.56 Å². The van der Waals surface area contributed by atoms with E-state index in [9.17, 15) is 13.2 Å². The van der Waals surface area contributed by atoms with Crippen molar-refractivity contribution in [2.24, 2.45) is 0 Å². The van der Waals surface area contributed by atoms with Crippen molar-refractivity contribution < 1.29 is 13.2 Å². The summed E-state index contributed by atoms with van der Waals surface area (Å²) in [5.41, 5.74) is 3.61. The van der Waals surface area contributed by atoms with Crippen LogP contribution in [0, 0.1) is 13.8 Å². The van der Waals surface area contributed by atoms with Crippen molar-refractivity contribution in [1.29, 1.82) is 0 Å². The molecule has 2 heterocycles. The Labute approximate surface area is 178 Å². The van der Waals surface area contributed by atoms with E-state index in [0.717, 1.165) is 5.69 Å². The van der Waals surface area contributed by atoms with Crippen molar-refractivity contribution in [2.45, 2.75) is 32.3 Å². The largest absolute Gasteiger partial charge is 0.369 e. The first kappa shape index (κ1) is 22.0. The molecule has 1 aliphatic heterocycles. The lowest BCUT2D eigenvalue weighted by atomic mass is 10.1. The highest BCUT2D eigenvalue weighted by Gasteiger charge is 2.34. The molecule has 30 heavy (non-hydrogen) atoms. The quantitative estimate of drug-likeness (QED) is 0.677. The van der Waals surface area contributed by atoms with Gasteiger partial charge in [-0.05, 0) is 38.0 Å². The Hall–Kier alpha value is -2.65. The molecule has 1 aromatic heterocycles. The number of amides is 1. The summed E-state index contributed by atoms with van der Waals surface area (Å²) in [5.74, 6) is -0.470. The van der Waals surface area contributed by atoms with E-state index in [2.05, 4.69) is 47.9 Å². The van der Waals surface area contributed by atoms with Gasteiger partial charge in [0.25, 0.3) is 15.9 Å². The molecule has 0 unspecified atom stereocenters. The Bertz CT molecular complexity index is 1040. The molecule has 1 saturated heterocycles. The summed E-state index contributed by atoms with van der Waals surface area (Å²) in [4.78, 5) is 14.7. The van der Waals surface area contributed by atoms with Gasteiger partial charge in [0.2, 0.25) is 5.03 Å². The van der Waals surface area contributed by atoms with Crippen LogP contribution in [0.15, 0.2) is 42.1 Å². The number of hydrogen-bond donors (Lipinski definition) is 1. The van der Waals surface area contributed by atoms with Gasteiger partial charge in [-0.2, -0.15) is 9.40 Å². The third-order valence-corrected chi connectivity index (χ3v) is 7.28. The Morgan fingerprint density at radius 1 is 1.23 bits per heavy atom. The summed E-state index contributed by atoms with van der Waals surface area (Å²) >= 11 is 0. The zero-order valence-electron chi connectivity index (χ0n) is 17.8. The molecule has 0 radical (unpaired) electrons. The molecule has 1 aliphatic rings. The SMILES string of the molecule is C=CCNC(=O)c1cn(CC)nc1S(=O)(=O)N1CCN(c2cccc(C)c2C)CC1. The van der Waals surface area contributed by atoms with Gasteiger partial charge in [-0.25, -0.2) is 8.42 Å². The Morgan fingerprint density at radius 3 is 2.57 bits per heavy atom. The van der Waals surface area contributed by atoms with Gasteiger partial charge in [-0.15, -0.1) is 6.58 Å². The second kappa shape index (κ2) is 9.01. The Morgan fingerprint density at radius 2 is 1.93 bits per heavy atom. The molecule has 2 aromatic rings. The van der Waals surface area contributed by atoms with Gasteiger partial charge in [-0.3, -0.25) is 9.48 Å². The van der Waals surface area contributed by atoms with E-state index in [1.165, 1.54) is 26.3 Å². The van der Waals surface area contributed by atoms with Crippen molar-refractivity contribution >= 4 is 21.6 Å². The molecule has 0 saturated carbocycles. The minimum absolute atomic E-state index is 0.0654. The Balaban J connectivity index is 1.82. The lowest BCUT2D eigenvalue weighted by molar-refractivity contribution is 0.0954. The number of piperazine rings is 1. The van der Waals surface area contributed by atoms with Gasteiger partial charge in [0, 0.05) is 51.2 Å². The first-order valence-electron chi connectivity index (χ1n) is 10.1. The molecular weight excluding hydrogens is 402 g/mol. The van der Waals surface area contributed by atoms with Gasteiger partial charge in [0.1, 0.15) is 0 Å². The molecular formula is C21H29N5O3S. The van der Waals surface area contributed by atoms with E-state index < -0.39 is 15.9 Å². The zero-order valence-corrected chi connectivity index (χ0v) is 18.6. The van der Waals surface area contributed by atoms with Crippen LogP contribution in [-0.2, 0) is 16.6 Å². The Kier molecular flexibility index (Phi) is 6.62. The predicted molar refractivity (Wildman–Crippen MR) is 117 cm³/mol. The molecule has 1 aromatic carbocycles. The predicted octanol–water partition coefficient (Wildman–Crippen LogP) is 1.95. The first-order valence-corrected chi connectivity index (χ1v) is 11.5. The van der Waals surface area contributed by atoms with Gasteiger partial charge in [0.15, 0.2) is 0 Å². The number of benzene rings is 1. The fraction of sp³-hybridized carbons (Fsp3) is 0.429. The summed E-state index contributed by atoms with van der Waals surface area (Å²) in [7, 11) is -3.89. The average molecular weight is 432 g/mol. The summed E-state index contributed by atoms with van der Waals surface area (Å²) in [5, 5.41) is 6.65. The minimum Gasteiger partial charge on any atom is -0.369 e. The molecule has 0 spiro atoms. The highest BCUT2D eigenvalue weighted by molar-refractivity contribution is 7.89. The molecule has 1 amide bonds. The van der Waals surface area contributed by atoms with Crippen LogP contribution in [0.25, 0.3) is 0 Å². The number of nitrogens with zero attached hydrogens (tertiary/aromatic N) is 4. The monoisotopic (exact) mass is 431 g/mol. The van der Waals surface area contributed by atoms with Crippen LogP contribution in [0.2, 0.25) is 0 Å². The van der Waals surface area contributed by atoms with Crippen LogP contribution in [0.3, 0.4) is 0 Å². The number of hydrogen-bond acceptors (Lipinski definition) is 5. The zero-order chi connectivity index (χ0) is 21.9. The molecule has 162 valence electrons. The van der Waals surface area contributed by atoms with Gasteiger partial charge < -0.3 is 10.2 Å². The third-order valence-electron chi connectivity index (χ3n) is 5.44. The second-order valence-corrected chi connectivity index (χ2v) is 9.17. The fourth-order valence-corrected chi connectivity index (χ4v) is 5.06. The molecule has 1 fully saturated rings. The molecule has 0 aliphatic carbocycles. The minimum atomic E-state index is -3.89. The average Bonchev–Trinajstić information content (AvgIpc) is 3.20.